The molecule has 0 bridgehead atoms. The average molecular weight is 198 g/mol. The minimum Gasteiger partial charge on any atom is -0.334 e. The van der Waals surface area contributed by atoms with E-state index in [1.165, 1.54) is 11.8 Å². The lowest BCUT2D eigenvalue weighted by molar-refractivity contribution is -0.134. The van der Waals surface area contributed by atoms with Crippen LogP contribution in [0.15, 0.2) is 0 Å². The number of amides is 1. The summed E-state index contributed by atoms with van der Waals surface area (Å²) in [6.45, 7) is 2.56. The van der Waals surface area contributed by atoms with Crippen molar-refractivity contribution in [3.8, 4) is 0 Å². The lowest BCUT2D eigenvalue weighted by Crippen LogP contribution is -2.38. The third-order valence-electron chi connectivity index (χ3n) is 1.91. The van der Waals surface area contributed by atoms with Gasteiger partial charge in [-0.05, 0) is 6.92 Å². The Morgan fingerprint density at radius 1 is 1.43 bits per heavy atom. The number of hydrogen-bond acceptors (Lipinski definition) is 3. The second-order valence-corrected chi connectivity index (χ2v) is 3.41. The number of carbonyl (C=O) groups excluding carboxylic acids is 2. The van der Waals surface area contributed by atoms with E-state index >= 15 is 0 Å². The fourth-order valence-corrected chi connectivity index (χ4v) is 1.20. The molecule has 0 aromatic carbocycles. The molecule has 5 heteroatoms. The Balaban J connectivity index is 4.03. The van der Waals surface area contributed by atoms with E-state index < -0.39 is 0 Å². The van der Waals surface area contributed by atoms with Gasteiger partial charge in [-0.15, -0.1) is 0 Å². The lowest BCUT2D eigenvalue weighted by atomic mass is 10.00. The Bertz CT molecular complexity index is 197. The summed E-state index contributed by atoms with van der Waals surface area (Å²) >= 11 is 0. The third-order valence-corrected chi connectivity index (χ3v) is 1.91. The summed E-state index contributed by atoms with van der Waals surface area (Å²) in [5.74, 6) is 0.0378. The quantitative estimate of drug-likeness (QED) is 0.544. The molecule has 0 aliphatic rings. The fraction of sp³-hybridized carbons (Fsp3) is 0.778. The standard InChI is InChI=1S/C9H19BN2O2/c1-8(13)7-12(6-5-11)9(14)3-2-4-10/h2-7,10-11H2,1H3. The van der Waals surface area contributed by atoms with Gasteiger partial charge in [-0.1, -0.05) is 12.7 Å². The second kappa shape index (κ2) is 7.56. The minimum absolute atomic E-state index is 0.00305. The summed E-state index contributed by atoms with van der Waals surface area (Å²) < 4.78 is 0. The van der Waals surface area contributed by atoms with Gasteiger partial charge in [0.2, 0.25) is 5.91 Å². The molecule has 4 nitrogen and oxygen atoms in total. The normalized spacial score (nSPS) is 9.86. The molecule has 0 saturated heterocycles. The Labute approximate surface area is 86.2 Å². The summed E-state index contributed by atoms with van der Waals surface area (Å²) in [4.78, 5) is 24.0. The largest absolute Gasteiger partial charge is 0.334 e. The van der Waals surface area contributed by atoms with E-state index in [1.54, 1.807) is 0 Å². The predicted molar refractivity (Wildman–Crippen MR) is 58.9 cm³/mol. The van der Waals surface area contributed by atoms with Gasteiger partial charge in [0.1, 0.15) is 13.6 Å². The van der Waals surface area contributed by atoms with Crippen LogP contribution in [-0.4, -0.2) is 44.1 Å². The van der Waals surface area contributed by atoms with Crippen LogP contribution in [0.2, 0.25) is 6.32 Å². The van der Waals surface area contributed by atoms with Crippen molar-refractivity contribution in [3.63, 3.8) is 0 Å². The molecule has 1 amide bonds. The number of nitrogens with zero attached hydrogens (tertiary/aromatic N) is 1. The van der Waals surface area contributed by atoms with E-state index in [-0.39, 0.29) is 18.2 Å². The van der Waals surface area contributed by atoms with Crippen LogP contribution < -0.4 is 5.73 Å². The summed E-state index contributed by atoms with van der Waals surface area (Å²) in [6.07, 6.45) is 2.38. The Morgan fingerprint density at radius 2 is 2.07 bits per heavy atom. The lowest BCUT2D eigenvalue weighted by Gasteiger charge is -2.20. The maximum absolute atomic E-state index is 11.5. The van der Waals surface area contributed by atoms with E-state index in [1.807, 2.05) is 7.85 Å². The number of ketones is 1. The number of nitrogens with two attached hydrogens (primary N) is 1. The van der Waals surface area contributed by atoms with Crippen LogP contribution in [-0.2, 0) is 9.59 Å². The van der Waals surface area contributed by atoms with Crippen molar-refractivity contribution in [2.45, 2.75) is 26.1 Å². The third kappa shape index (κ3) is 5.75. The molecule has 0 heterocycles. The molecule has 0 atom stereocenters. The molecule has 0 radical (unpaired) electrons. The highest BCUT2D eigenvalue weighted by Crippen LogP contribution is 1.99. The highest BCUT2D eigenvalue weighted by molar-refractivity contribution is 6.08. The first-order valence-corrected chi connectivity index (χ1v) is 5.09. The Morgan fingerprint density at radius 3 is 2.50 bits per heavy atom. The van der Waals surface area contributed by atoms with Crippen molar-refractivity contribution >= 4 is 19.5 Å². The number of Topliss-reactive ketones (excluding diaryl/α,β-unsaturated/α-hetero) is 1. The van der Waals surface area contributed by atoms with Crippen LogP contribution in [0.4, 0.5) is 0 Å². The number of hydrogen-bond donors (Lipinski definition) is 1. The van der Waals surface area contributed by atoms with Gasteiger partial charge in [0.15, 0.2) is 0 Å². The van der Waals surface area contributed by atoms with Crippen molar-refractivity contribution < 1.29 is 9.59 Å². The number of rotatable bonds is 7. The predicted octanol–water partition coefficient (Wildman–Crippen LogP) is -0.806. The van der Waals surface area contributed by atoms with Gasteiger partial charge in [0, 0.05) is 19.5 Å². The van der Waals surface area contributed by atoms with Gasteiger partial charge >= 0.3 is 0 Å². The SMILES string of the molecule is BCCCC(=O)N(CCN)CC(C)=O. The molecule has 0 rings (SSSR count). The fourth-order valence-electron chi connectivity index (χ4n) is 1.20. The number of carbonyl (C=O) groups is 2. The van der Waals surface area contributed by atoms with Crippen molar-refractivity contribution in [2.75, 3.05) is 19.6 Å². The van der Waals surface area contributed by atoms with Crippen LogP contribution in [0.1, 0.15) is 19.8 Å². The van der Waals surface area contributed by atoms with Crippen molar-refractivity contribution in [2.24, 2.45) is 5.73 Å². The van der Waals surface area contributed by atoms with Gasteiger partial charge in [-0.3, -0.25) is 9.59 Å². The Hall–Kier alpha value is -0.835. The minimum atomic E-state index is 0.00305. The van der Waals surface area contributed by atoms with Gasteiger partial charge < -0.3 is 10.6 Å². The first kappa shape index (κ1) is 13.2. The van der Waals surface area contributed by atoms with Crippen LogP contribution in [0.3, 0.4) is 0 Å². The molecule has 0 aromatic rings. The topological polar surface area (TPSA) is 63.4 Å². The van der Waals surface area contributed by atoms with Gasteiger partial charge in [0.25, 0.3) is 0 Å². The molecule has 0 spiro atoms. The summed E-state index contributed by atoms with van der Waals surface area (Å²) in [5.41, 5.74) is 5.37. The summed E-state index contributed by atoms with van der Waals surface area (Å²) in [7, 11) is 2.03. The maximum Gasteiger partial charge on any atom is 0.222 e. The molecule has 14 heavy (non-hydrogen) atoms. The first-order valence-electron chi connectivity index (χ1n) is 5.09. The molecule has 2 N–H and O–H groups in total. The highest BCUT2D eigenvalue weighted by Gasteiger charge is 2.13. The van der Waals surface area contributed by atoms with Crippen LogP contribution >= 0.6 is 0 Å². The molecule has 80 valence electrons. The average Bonchev–Trinajstić information content (AvgIpc) is 2.13. The van der Waals surface area contributed by atoms with E-state index in [4.69, 9.17) is 5.73 Å². The van der Waals surface area contributed by atoms with Gasteiger partial charge in [0.05, 0.1) is 6.54 Å². The molecule has 0 aliphatic carbocycles. The van der Waals surface area contributed by atoms with E-state index in [2.05, 4.69) is 0 Å². The zero-order valence-electron chi connectivity index (χ0n) is 9.08. The summed E-state index contributed by atoms with van der Waals surface area (Å²) in [5, 5.41) is 0. The monoisotopic (exact) mass is 198 g/mol. The summed E-state index contributed by atoms with van der Waals surface area (Å²) in [6, 6.07) is 0. The van der Waals surface area contributed by atoms with Crippen LogP contribution in [0.5, 0.6) is 0 Å². The molecule has 0 aliphatic heterocycles. The molecular weight excluding hydrogens is 179 g/mol. The Kier molecular flexibility index (Phi) is 7.11. The van der Waals surface area contributed by atoms with Gasteiger partial charge in [-0.2, -0.15) is 0 Å². The molecule has 0 aromatic heterocycles. The van der Waals surface area contributed by atoms with Crippen LogP contribution in [0, 0.1) is 0 Å². The smallest absolute Gasteiger partial charge is 0.222 e. The first-order chi connectivity index (χ1) is 6.61. The van der Waals surface area contributed by atoms with Crippen molar-refractivity contribution in [3.05, 3.63) is 0 Å². The molecule has 0 unspecified atom stereocenters. The molecule has 0 saturated carbocycles. The van der Waals surface area contributed by atoms with Crippen molar-refractivity contribution in [1.82, 2.24) is 4.90 Å². The van der Waals surface area contributed by atoms with E-state index in [0.29, 0.717) is 19.5 Å². The maximum atomic E-state index is 11.5. The van der Waals surface area contributed by atoms with E-state index in [0.717, 1.165) is 12.7 Å². The zero-order chi connectivity index (χ0) is 11.0. The van der Waals surface area contributed by atoms with Gasteiger partial charge in [-0.25, -0.2) is 0 Å². The molecule has 0 fully saturated rings. The molecular formula is C9H19BN2O2. The zero-order valence-corrected chi connectivity index (χ0v) is 9.08. The second-order valence-electron chi connectivity index (χ2n) is 3.41. The van der Waals surface area contributed by atoms with Crippen molar-refractivity contribution in [1.29, 1.82) is 0 Å². The van der Waals surface area contributed by atoms with E-state index in [9.17, 15) is 9.59 Å². The van der Waals surface area contributed by atoms with Crippen LogP contribution in [0.25, 0.3) is 0 Å². The highest BCUT2D eigenvalue weighted by atomic mass is 16.2.